The molecule has 0 atom stereocenters. The highest BCUT2D eigenvalue weighted by molar-refractivity contribution is 5.78. The van der Waals surface area contributed by atoms with Crippen LogP contribution in [0.5, 0.6) is 0 Å². The van der Waals surface area contributed by atoms with Crippen LogP contribution in [0, 0.1) is 0 Å². The Balaban J connectivity index is 1.40. The third-order valence-corrected chi connectivity index (χ3v) is 5.74. The highest BCUT2D eigenvalue weighted by Gasteiger charge is 2.38. The van der Waals surface area contributed by atoms with E-state index in [1.165, 1.54) is 43.3 Å². The number of benzene rings is 1. The lowest BCUT2D eigenvalue weighted by Gasteiger charge is -2.48. The molecule has 0 radical (unpaired) electrons. The van der Waals surface area contributed by atoms with Crippen LogP contribution < -0.4 is 5.32 Å². The summed E-state index contributed by atoms with van der Waals surface area (Å²) in [6.45, 7) is 6.27. The molecule has 0 unspecified atom stereocenters. The number of likely N-dealkylation sites (tertiary alicyclic amines) is 1. The second-order valence-electron chi connectivity index (χ2n) is 7.28. The van der Waals surface area contributed by atoms with E-state index in [1.54, 1.807) is 0 Å². The number of aromatic amines is 1. The molecule has 2 aliphatic rings. The summed E-state index contributed by atoms with van der Waals surface area (Å²) in [5.41, 5.74) is 2.72. The first-order valence-electron chi connectivity index (χ1n) is 9.31. The minimum Gasteiger partial charge on any atom is -0.381 e. The van der Waals surface area contributed by atoms with E-state index in [1.807, 2.05) is 6.20 Å². The van der Waals surface area contributed by atoms with Crippen LogP contribution >= 0.6 is 0 Å². The van der Waals surface area contributed by atoms with Gasteiger partial charge in [0.2, 0.25) is 0 Å². The molecule has 130 valence electrons. The van der Waals surface area contributed by atoms with Crippen LogP contribution in [0.4, 0.5) is 0 Å². The molecule has 5 heteroatoms. The molecule has 1 aromatic carbocycles. The van der Waals surface area contributed by atoms with Gasteiger partial charge in [0.25, 0.3) is 0 Å². The Bertz CT molecular complexity index is 656. The second kappa shape index (κ2) is 7.21. The molecule has 2 aliphatic heterocycles. The SMILES string of the molecule is c1cc2cn[nH]c2cc1CNCC1(N2CCCCC2)CCOCC1. The van der Waals surface area contributed by atoms with Crippen molar-refractivity contribution in [3.63, 3.8) is 0 Å². The van der Waals surface area contributed by atoms with Crippen LogP contribution in [-0.2, 0) is 11.3 Å². The van der Waals surface area contributed by atoms with Gasteiger partial charge in [-0.3, -0.25) is 10.00 Å². The van der Waals surface area contributed by atoms with Crippen LogP contribution in [-0.4, -0.2) is 53.5 Å². The third kappa shape index (κ3) is 3.34. The molecule has 2 N–H and O–H groups in total. The molecule has 2 fully saturated rings. The summed E-state index contributed by atoms with van der Waals surface area (Å²) in [6, 6.07) is 6.54. The topological polar surface area (TPSA) is 53.2 Å². The second-order valence-corrected chi connectivity index (χ2v) is 7.28. The maximum absolute atomic E-state index is 5.65. The van der Waals surface area contributed by atoms with Gasteiger partial charge < -0.3 is 10.1 Å². The van der Waals surface area contributed by atoms with Crippen molar-refractivity contribution in [2.75, 3.05) is 32.8 Å². The Kier molecular flexibility index (Phi) is 4.83. The number of nitrogens with zero attached hydrogens (tertiary/aromatic N) is 2. The zero-order valence-electron chi connectivity index (χ0n) is 14.4. The monoisotopic (exact) mass is 328 g/mol. The van der Waals surface area contributed by atoms with Gasteiger partial charge in [-0.1, -0.05) is 18.6 Å². The number of H-pyrrole nitrogens is 1. The third-order valence-electron chi connectivity index (χ3n) is 5.74. The van der Waals surface area contributed by atoms with Gasteiger partial charge in [-0.15, -0.1) is 0 Å². The van der Waals surface area contributed by atoms with E-state index in [-0.39, 0.29) is 5.54 Å². The van der Waals surface area contributed by atoms with E-state index in [0.717, 1.165) is 44.7 Å². The van der Waals surface area contributed by atoms with E-state index in [9.17, 15) is 0 Å². The predicted octanol–water partition coefficient (Wildman–Crippen LogP) is 2.69. The van der Waals surface area contributed by atoms with E-state index < -0.39 is 0 Å². The molecule has 5 nitrogen and oxygen atoms in total. The van der Waals surface area contributed by atoms with Crippen LogP contribution in [0.2, 0.25) is 0 Å². The molecule has 4 rings (SSSR count). The number of rotatable bonds is 5. The highest BCUT2D eigenvalue weighted by Crippen LogP contribution is 2.30. The standard InChI is InChI=1S/C19H28N4O/c1-2-8-23(9-3-1)19(6-10-24-11-7-19)15-20-13-16-4-5-17-14-21-22-18(17)12-16/h4-5,12,14,20H,1-3,6-11,13,15H2,(H,21,22). The molecular weight excluding hydrogens is 300 g/mol. The van der Waals surface area contributed by atoms with Crippen LogP contribution in [0.3, 0.4) is 0 Å². The highest BCUT2D eigenvalue weighted by atomic mass is 16.5. The smallest absolute Gasteiger partial charge is 0.0653 e. The molecule has 0 spiro atoms. The molecule has 0 bridgehead atoms. The predicted molar refractivity (Wildman–Crippen MR) is 96.0 cm³/mol. The Morgan fingerprint density at radius 1 is 1.17 bits per heavy atom. The number of fused-ring (bicyclic) bond motifs is 1. The Labute approximate surface area is 143 Å². The lowest BCUT2D eigenvalue weighted by atomic mass is 9.86. The quantitative estimate of drug-likeness (QED) is 0.886. The number of ether oxygens (including phenoxy) is 1. The molecule has 0 saturated carbocycles. The van der Waals surface area contributed by atoms with Crippen molar-refractivity contribution in [2.24, 2.45) is 0 Å². The van der Waals surface area contributed by atoms with E-state index in [4.69, 9.17) is 4.74 Å². The molecule has 24 heavy (non-hydrogen) atoms. The fourth-order valence-electron chi connectivity index (χ4n) is 4.26. The van der Waals surface area contributed by atoms with Crippen molar-refractivity contribution >= 4 is 10.9 Å². The average molecular weight is 328 g/mol. The van der Waals surface area contributed by atoms with Crippen molar-refractivity contribution in [3.8, 4) is 0 Å². The molecule has 0 aliphatic carbocycles. The summed E-state index contributed by atoms with van der Waals surface area (Å²) < 4.78 is 5.65. The minimum absolute atomic E-state index is 0.288. The fraction of sp³-hybridized carbons (Fsp3) is 0.632. The van der Waals surface area contributed by atoms with Crippen LogP contribution in [0.15, 0.2) is 24.4 Å². The van der Waals surface area contributed by atoms with E-state index in [0.29, 0.717) is 0 Å². The van der Waals surface area contributed by atoms with Gasteiger partial charge in [-0.2, -0.15) is 5.10 Å². The zero-order valence-corrected chi connectivity index (χ0v) is 14.4. The van der Waals surface area contributed by atoms with E-state index in [2.05, 4.69) is 38.6 Å². The van der Waals surface area contributed by atoms with Gasteiger partial charge in [0.05, 0.1) is 11.7 Å². The average Bonchev–Trinajstić information content (AvgIpc) is 3.11. The van der Waals surface area contributed by atoms with Gasteiger partial charge in [0, 0.05) is 37.2 Å². The molecular formula is C19H28N4O. The summed E-state index contributed by atoms with van der Waals surface area (Å²) in [4.78, 5) is 2.74. The summed E-state index contributed by atoms with van der Waals surface area (Å²) in [5, 5.41) is 12.1. The Morgan fingerprint density at radius 2 is 2.00 bits per heavy atom. The minimum atomic E-state index is 0.288. The van der Waals surface area contributed by atoms with Crippen molar-refractivity contribution in [1.29, 1.82) is 0 Å². The number of hydrogen-bond acceptors (Lipinski definition) is 4. The number of aromatic nitrogens is 2. The lowest BCUT2D eigenvalue weighted by Crippen LogP contribution is -2.59. The maximum atomic E-state index is 5.65. The molecule has 2 aromatic rings. The number of hydrogen-bond donors (Lipinski definition) is 2. The number of nitrogens with one attached hydrogen (secondary N) is 2. The summed E-state index contributed by atoms with van der Waals surface area (Å²) in [6.07, 6.45) is 8.26. The Morgan fingerprint density at radius 3 is 2.83 bits per heavy atom. The maximum Gasteiger partial charge on any atom is 0.0653 e. The van der Waals surface area contributed by atoms with Crippen molar-refractivity contribution in [2.45, 2.75) is 44.2 Å². The molecule has 3 heterocycles. The summed E-state index contributed by atoms with van der Waals surface area (Å²) in [7, 11) is 0. The Hall–Kier alpha value is -1.43. The van der Waals surface area contributed by atoms with Gasteiger partial charge >= 0.3 is 0 Å². The van der Waals surface area contributed by atoms with Gasteiger partial charge in [0.1, 0.15) is 0 Å². The van der Waals surface area contributed by atoms with E-state index >= 15 is 0 Å². The van der Waals surface area contributed by atoms with Crippen LogP contribution in [0.1, 0.15) is 37.7 Å². The van der Waals surface area contributed by atoms with Gasteiger partial charge in [-0.05, 0) is 50.4 Å². The lowest BCUT2D eigenvalue weighted by molar-refractivity contribution is -0.0358. The first-order valence-corrected chi connectivity index (χ1v) is 9.31. The zero-order chi connectivity index (χ0) is 16.2. The van der Waals surface area contributed by atoms with Gasteiger partial charge in [0.15, 0.2) is 0 Å². The van der Waals surface area contributed by atoms with Crippen molar-refractivity contribution < 1.29 is 4.74 Å². The largest absolute Gasteiger partial charge is 0.381 e. The summed E-state index contributed by atoms with van der Waals surface area (Å²) >= 11 is 0. The van der Waals surface area contributed by atoms with Crippen LogP contribution in [0.25, 0.3) is 10.9 Å². The normalized spacial score (nSPS) is 22.0. The summed E-state index contributed by atoms with van der Waals surface area (Å²) in [5.74, 6) is 0. The fourth-order valence-corrected chi connectivity index (χ4v) is 4.26. The van der Waals surface area contributed by atoms with Crippen molar-refractivity contribution in [3.05, 3.63) is 30.0 Å². The molecule has 2 saturated heterocycles. The molecule has 0 amide bonds. The first kappa shape index (κ1) is 16.1. The van der Waals surface area contributed by atoms with Gasteiger partial charge in [-0.25, -0.2) is 0 Å². The molecule has 1 aromatic heterocycles. The van der Waals surface area contributed by atoms with Crippen molar-refractivity contribution in [1.82, 2.24) is 20.4 Å². The number of piperidine rings is 1. The first-order chi connectivity index (χ1) is 11.9.